The second-order valence-electron chi connectivity index (χ2n) is 5.39. The quantitative estimate of drug-likeness (QED) is 0.725. The summed E-state index contributed by atoms with van der Waals surface area (Å²) in [7, 11) is 0. The zero-order valence-electron chi connectivity index (χ0n) is 10.1. The largest absolute Gasteiger partial charge is 0.493 e. The maximum Gasteiger partial charge on any atom is 0.261 e. The lowest BCUT2D eigenvalue weighted by atomic mass is 9.88. The van der Waals surface area contributed by atoms with E-state index in [1.54, 1.807) is 4.57 Å². The first-order valence-electron chi connectivity index (χ1n) is 5.74. The smallest absolute Gasteiger partial charge is 0.261 e. The van der Waals surface area contributed by atoms with Gasteiger partial charge in [0.2, 0.25) is 5.88 Å². The molecule has 0 bridgehead atoms. The number of aromatic nitrogens is 2. The van der Waals surface area contributed by atoms with Crippen LogP contribution < -0.4 is 5.56 Å². The summed E-state index contributed by atoms with van der Waals surface area (Å²) in [4.78, 5) is 16.4. The molecule has 0 saturated carbocycles. The van der Waals surface area contributed by atoms with Gasteiger partial charge in [-0.3, -0.25) is 9.36 Å². The highest BCUT2D eigenvalue weighted by molar-refractivity contribution is 5.30. The first-order chi connectivity index (χ1) is 7.41. The van der Waals surface area contributed by atoms with E-state index in [4.69, 9.17) is 0 Å². The summed E-state index contributed by atoms with van der Waals surface area (Å²) in [6.07, 6.45) is 2.84. The van der Waals surface area contributed by atoms with E-state index in [1.807, 2.05) is 20.8 Å². The van der Waals surface area contributed by atoms with Crippen molar-refractivity contribution in [3.63, 3.8) is 0 Å². The lowest BCUT2D eigenvalue weighted by Gasteiger charge is -2.24. The highest BCUT2D eigenvalue weighted by Crippen LogP contribution is 2.26. The highest BCUT2D eigenvalue weighted by atomic mass is 16.3. The number of hydrogen-bond acceptors (Lipinski definition) is 3. The average molecular weight is 222 g/mol. The van der Waals surface area contributed by atoms with Gasteiger partial charge in [0, 0.05) is 13.0 Å². The normalized spacial score (nSPS) is 15.9. The van der Waals surface area contributed by atoms with Crippen molar-refractivity contribution in [1.82, 2.24) is 9.55 Å². The van der Waals surface area contributed by atoms with Crippen molar-refractivity contribution >= 4 is 0 Å². The lowest BCUT2D eigenvalue weighted by molar-refractivity contribution is 0.395. The topological polar surface area (TPSA) is 55.1 Å². The van der Waals surface area contributed by atoms with E-state index in [-0.39, 0.29) is 16.9 Å². The van der Waals surface area contributed by atoms with Crippen LogP contribution in [0.5, 0.6) is 5.88 Å². The molecule has 2 rings (SSSR count). The van der Waals surface area contributed by atoms with Crippen LogP contribution >= 0.6 is 0 Å². The van der Waals surface area contributed by atoms with Crippen LogP contribution in [0.1, 0.15) is 45.0 Å². The van der Waals surface area contributed by atoms with Crippen LogP contribution in [0, 0.1) is 0 Å². The maximum absolute atomic E-state index is 12.2. The van der Waals surface area contributed by atoms with Crippen LogP contribution in [-0.2, 0) is 18.4 Å². The Labute approximate surface area is 95.0 Å². The third-order valence-corrected chi connectivity index (χ3v) is 3.01. The fourth-order valence-electron chi connectivity index (χ4n) is 2.22. The first-order valence-corrected chi connectivity index (χ1v) is 5.74. The Kier molecular flexibility index (Phi) is 2.52. The van der Waals surface area contributed by atoms with Crippen molar-refractivity contribution in [2.24, 2.45) is 0 Å². The summed E-state index contributed by atoms with van der Waals surface area (Å²) in [6, 6.07) is 0. The van der Waals surface area contributed by atoms with Gasteiger partial charge in [-0.1, -0.05) is 20.8 Å². The average Bonchev–Trinajstić information content (AvgIpc) is 2.15. The summed E-state index contributed by atoms with van der Waals surface area (Å²) in [5, 5.41) is 9.86. The molecular formula is C12H18N2O2. The van der Waals surface area contributed by atoms with E-state index in [2.05, 4.69) is 4.98 Å². The molecule has 0 atom stereocenters. The van der Waals surface area contributed by atoms with E-state index >= 15 is 0 Å². The molecule has 0 saturated heterocycles. The number of hydrogen-bond donors (Lipinski definition) is 1. The number of aromatic hydroxyl groups is 1. The number of nitrogens with zero attached hydrogens (tertiary/aromatic N) is 2. The molecule has 0 spiro atoms. The van der Waals surface area contributed by atoms with Gasteiger partial charge in [0.25, 0.3) is 5.56 Å². The van der Waals surface area contributed by atoms with Crippen molar-refractivity contribution < 1.29 is 5.11 Å². The van der Waals surface area contributed by atoms with Crippen molar-refractivity contribution in [2.45, 2.75) is 52.0 Å². The fraction of sp³-hybridized carbons (Fsp3) is 0.667. The van der Waals surface area contributed by atoms with Gasteiger partial charge in [-0.2, -0.15) is 4.98 Å². The van der Waals surface area contributed by atoms with Crippen molar-refractivity contribution in [2.75, 3.05) is 0 Å². The molecule has 0 unspecified atom stereocenters. The van der Waals surface area contributed by atoms with E-state index in [1.165, 1.54) is 0 Å². The van der Waals surface area contributed by atoms with Gasteiger partial charge in [-0.15, -0.1) is 0 Å². The minimum atomic E-state index is -0.367. The van der Waals surface area contributed by atoms with E-state index in [0.717, 1.165) is 31.6 Å². The lowest BCUT2D eigenvalue weighted by Crippen LogP contribution is -2.35. The zero-order valence-corrected chi connectivity index (χ0v) is 10.1. The Morgan fingerprint density at radius 3 is 2.62 bits per heavy atom. The van der Waals surface area contributed by atoms with Crippen LogP contribution in [0.2, 0.25) is 0 Å². The maximum atomic E-state index is 12.2. The minimum Gasteiger partial charge on any atom is -0.493 e. The number of aryl methyl sites for hydroxylation is 1. The molecule has 4 nitrogen and oxygen atoms in total. The molecule has 88 valence electrons. The van der Waals surface area contributed by atoms with Gasteiger partial charge in [0.05, 0.1) is 5.56 Å². The van der Waals surface area contributed by atoms with Gasteiger partial charge in [-0.25, -0.2) is 0 Å². The predicted molar refractivity (Wildman–Crippen MR) is 61.8 cm³/mol. The number of fused-ring (bicyclic) bond motifs is 1. The molecule has 4 heteroatoms. The molecule has 16 heavy (non-hydrogen) atoms. The molecule has 1 aromatic rings. The Hall–Kier alpha value is -1.32. The Morgan fingerprint density at radius 2 is 2.00 bits per heavy atom. The SMILES string of the molecule is CC(C)(C)c1c(O)nc2n(c1=O)CCCC2. The molecule has 1 aromatic heterocycles. The van der Waals surface area contributed by atoms with E-state index in [9.17, 15) is 9.90 Å². The highest BCUT2D eigenvalue weighted by Gasteiger charge is 2.26. The van der Waals surface area contributed by atoms with Crippen LogP contribution in [-0.4, -0.2) is 14.7 Å². The standard InChI is InChI=1S/C12H18N2O2/c1-12(2,3)9-10(15)13-8-6-4-5-7-14(8)11(9)16/h15H,4-7H2,1-3H3. The van der Waals surface area contributed by atoms with Gasteiger partial charge in [-0.05, 0) is 18.3 Å². The fourth-order valence-corrected chi connectivity index (χ4v) is 2.22. The second-order valence-corrected chi connectivity index (χ2v) is 5.39. The molecule has 1 aliphatic rings. The Morgan fingerprint density at radius 1 is 1.31 bits per heavy atom. The number of rotatable bonds is 0. The monoisotopic (exact) mass is 222 g/mol. The molecule has 0 aromatic carbocycles. The summed E-state index contributed by atoms with van der Waals surface area (Å²) in [5.41, 5.74) is -0.0129. The summed E-state index contributed by atoms with van der Waals surface area (Å²) < 4.78 is 1.71. The van der Waals surface area contributed by atoms with Gasteiger partial charge >= 0.3 is 0 Å². The Bertz CT molecular complexity index is 469. The van der Waals surface area contributed by atoms with Gasteiger partial charge < -0.3 is 5.11 Å². The Balaban J connectivity index is 2.69. The predicted octanol–water partition coefficient (Wildman–Crippen LogP) is 1.58. The zero-order chi connectivity index (χ0) is 11.9. The van der Waals surface area contributed by atoms with Crippen molar-refractivity contribution in [3.05, 3.63) is 21.7 Å². The molecule has 1 N–H and O–H groups in total. The van der Waals surface area contributed by atoms with E-state index < -0.39 is 0 Å². The van der Waals surface area contributed by atoms with Crippen molar-refractivity contribution in [1.29, 1.82) is 0 Å². The van der Waals surface area contributed by atoms with E-state index in [0.29, 0.717) is 5.56 Å². The third-order valence-electron chi connectivity index (χ3n) is 3.01. The summed E-state index contributed by atoms with van der Waals surface area (Å²) in [5.74, 6) is 0.632. The van der Waals surface area contributed by atoms with Crippen LogP contribution in [0.3, 0.4) is 0 Å². The van der Waals surface area contributed by atoms with Crippen LogP contribution in [0.25, 0.3) is 0 Å². The van der Waals surface area contributed by atoms with Gasteiger partial charge in [0.15, 0.2) is 0 Å². The van der Waals surface area contributed by atoms with Crippen LogP contribution in [0.4, 0.5) is 0 Å². The second kappa shape index (κ2) is 3.61. The molecular weight excluding hydrogens is 204 g/mol. The first kappa shape index (κ1) is 11.2. The van der Waals surface area contributed by atoms with Gasteiger partial charge in [0.1, 0.15) is 5.82 Å². The molecule has 0 aliphatic carbocycles. The summed E-state index contributed by atoms with van der Waals surface area (Å²) in [6.45, 7) is 6.48. The summed E-state index contributed by atoms with van der Waals surface area (Å²) >= 11 is 0. The molecule has 2 heterocycles. The minimum absolute atomic E-state index is 0.0744. The molecule has 0 amide bonds. The molecule has 1 aliphatic heterocycles. The van der Waals surface area contributed by atoms with Crippen molar-refractivity contribution in [3.8, 4) is 5.88 Å². The molecule has 0 radical (unpaired) electrons. The third kappa shape index (κ3) is 1.72. The molecule has 0 fully saturated rings. The van der Waals surface area contributed by atoms with Crippen LogP contribution in [0.15, 0.2) is 4.79 Å².